The summed E-state index contributed by atoms with van der Waals surface area (Å²) >= 11 is 0. The van der Waals surface area contributed by atoms with Crippen LogP contribution in [0.1, 0.15) is 221 Å². The SMILES string of the molecule is CC[C@H](C)[C@H](C[C@@H](CC(=O)O[C@H]1C(C)OCC(O[C@@H]2OC(C)[C@H](O[C@@H]3OC[C@@H](OCc4ccccc4)C(O[C@@H]4OC[C@@H](OCc5ccccc5)C(OCc5ccccc5)C4C)C3C)C3OC(C)(C)OC32)C1C)O[Si](C)(C)C(C)(C)C)OC(=O)C[C@H](C[C@H](OC1(C)CO[C@H](CO[Si](C)(C)C(C)(C)C)C1O[Si](C)(C)C(C)(C)C)[C@@H](C)CC)O[Si](C)(C)C(C)(C)C. The topological polar surface area (TPSA) is 219 Å². The number of carbonyl (C=O) groups excluding carboxylic acids is 2. The number of ether oxygens (including phenoxy) is 16. The van der Waals surface area contributed by atoms with Crippen molar-refractivity contribution in [1.29, 1.82) is 0 Å². The molecule has 0 saturated carbocycles. The Labute approximate surface area is 745 Å². The summed E-state index contributed by atoms with van der Waals surface area (Å²) in [5.41, 5.74) is 2.28. The van der Waals surface area contributed by atoms with Crippen molar-refractivity contribution < 1.29 is 103 Å². The third-order valence-corrected chi connectivity index (χ3v) is 47.0. The molecule has 3 aromatic rings. The van der Waals surface area contributed by atoms with Crippen LogP contribution in [0.5, 0.6) is 0 Å². The maximum atomic E-state index is 15.3. The summed E-state index contributed by atoms with van der Waals surface area (Å²) in [5.74, 6) is -2.98. The Kier molecular flexibility index (Phi) is 36.1. The lowest BCUT2D eigenvalue weighted by Crippen LogP contribution is -2.62. The van der Waals surface area contributed by atoms with E-state index in [4.69, 9.17) is 93.5 Å². The fourth-order valence-corrected chi connectivity index (χ4v) is 21.4. The number of esters is 2. The van der Waals surface area contributed by atoms with E-state index in [1.165, 1.54) is 0 Å². The molecule has 6 aliphatic rings. The van der Waals surface area contributed by atoms with Crippen molar-refractivity contribution in [2.75, 3.05) is 33.0 Å². The highest BCUT2D eigenvalue weighted by molar-refractivity contribution is 6.75. The molecular formula is C97H164O22Si4. The van der Waals surface area contributed by atoms with Gasteiger partial charge >= 0.3 is 11.9 Å². The van der Waals surface area contributed by atoms with Crippen molar-refractivity contribution in [3.63, 3.8) is 0 Å². The van der Waals surface area contributed by atoms with E-state index in [0.717, 1.165) is 23.1 Å². The summed E-state index contributed by atoms with van der Waals surface area (Å²) < 4.78 is 139. The number of hydrogen-bond donors (Lipinski definition) is 0. The molecule has 22 nitrogen and oxygen atoms in total. The first-order valence-corrected chi connectivity index (χ1v) is 57.9. The molecule has 6 saturated heterocycles. The maximum absolute atomic E-state index is 15.3. The van der Waals surface area contributed by atoms with Crippen molar-refractivity contribution >= 4 is 45.2 Å². The molecule has 6 heterocycles. The summed E-state index contributed by atoms with van der Waals surface area (Å²) in [5, 5.41) is -0.469. The van der Waals surface area contributed by atoms with Gasteiger partial charge in [-0.2, -0.15) is 0 Å². The number of benzene rings is 3. The second-order valence-corrected chi connectivity index (χ2v) is 62.5. The molecule has 0 aliphatic carbocycles. The average Bonchev–Trinajstić information content (AvgIpc) is 1.62. The van der Waals surface area contributed by atoms with Crippen molar-refractivity contribution in [3.8, 4) is 0 Å². The van der Waals surface area contributed by atoms with Crippen LogP contribution in [0.2, 0.25) is 72.5 Å². The standard InChI is InChI=1S/C97H164O22Si4/c1-33-62(3)74(109-80(98)52-73(118-122(29,30)94(16,17)18)51-75(63(4)34-2)114-97(24)61-106-79(60-107-120(25,26)92(10,11)12)88(97)119-123(31,32)95(19,20)21)50-72(117-121(27,28)93(13,14)15)53-81(99)111-82-64(5)76(57-100-67(82)8)110-91-87-86(115-96(22,23)116-87)85(68(9)108-91)113-90-66(7)84(78(59-105-90)102-55-70-46-40-36-41-47-70)112-89-65(6)83(103-56-71-48-42-37-43-49-71)77(58-104-89)101-54-69-44-38-35-39-45-69/h35-49,62-68,72-79,82-91H,33-34,50-61H2,1-32H3/t62-,63-,64?,65?,66?,67?,68?,72-,73-,74-,75-,76?,77+,78+,79+,82+,83?,84?,85-,86?,87?,88?,89-,90-,91-,97?/m0/s1. The minimum atomic E-state index is -2.60. The largest absolute Gasteiger partial charge is 0.462 e. The fourth-order valence-electron chi connectivity index (χ4n) is 16.2. The normalized spacial score (nSPS) is 31.6. The van der Waals surface area contributed by atoms with Crippen LogP contribution in [-0.2, 0) is 123 Å². The first kappa shape index (κ1) is 103. The smallest absolute Gasteiger partial charge is 0.308 e. The Balaban J connectivity index is 0.888. The monoisotopic (exact) mass is 1790 g/mol. The second-order valence-electron chi connectivity index (χ2n) is 43.4. The number of hydrogen-bond acceptors (Lipinski definition) is 22. The van der Waals surface area contributed by atoms with E-state index in [2.05, 4.69) is 208 Å². The molecule has 12 unspecified atom stereocenters. The molecule has 26 atom stereocenters. The summed E-state index contributed by atoms with van der Waals surface area (Å²) in [4.78, 5) is 30.3. The number of fused-ring (bicyclic) bond motifs is 1. The summed E-state index contributed by atoms with van der Waals surface area (Å²) in [6.45, 7) is 71.8. The van der Waals surface area contributed by atoms with Gasteiger partial charge in [0, 0.05) is 24.2 Å². The van der Waals surface area contributed by atoms with Crippen molar-refractivity contribution in [2.45, 2.75) is 431 Å². The van der Waals surface area contributed by atoms with Gasteiger partial charge in [0.15, 0.2) is 57.9 Å². The van der Waals surface area contributed by atoms with Crippen molar-refractivity contribution in [2.24, 2.45) is 29.6 Å². The van der Waals surface area contributed by atoms with Crippen LogP contribution in [0.25, 0.3) is 0 Å². The molecule has 0 radical (unpaired) electrons. The molecular weight excluding hydrogens is 1630 g/mol. The van der Waals surface area contributed by atoms with Gasteiger partial charge in [-0.15, -0.1) is 0 Å². The van der Waals surface area contributed by atoms with Gasteiger partial charge in [0.05, 0.1) is 115 Å². The molecule has 0 spiro atoms. The quantitative estimate of drug-likeness (QED) is 0.0382. The minimum absolute atomic E-state index is 0.000623. The molecule has 6 aliphatic heterocycles. The van der Waals surface area contributed by atoms with E-state index in [1.54, 1.807) is 0 Å². The predicted octanol–water partition coefficient (Wildman–Crippen LogP) is 20.4. The molecule has 0 N–H and O–H groups in total. The molecule has 0 aromatic heterocycles. The van der Waals surface area contributed by atoms with Crippen LogP contribution in [0.4, 0.5) is 0 Å². The summed E-state index contributed by atoms with van der Waals surface area (Å²) in [6.07, 6.45) is -9.64. The van der Waals surface area contributed by atoms with Crippen LogP contribution in [-0.4, -0.2) is 212 Å². The van der Waals surface area contributed by atoms with Crippen LogP contribution < -0.4 is 0 Å². The van der Waals surface area contributed by atoms with Gasteiger partial charge in [0.25, 0.3) is 0 Å². The van der Waals surface area contributed by atoms with E-state index < -0.39 is 155 Å². The molecule has 9 rings (SSSR count). The highest BCUT2D eigenvalue weighted by Crippen LogP contribution is 2.49. The zero-order valence-electron chi connectivity index (χ0n) is 81.5. The summed E-state index contributed by atoms with van der Waals surface area (Å²) in [7, 11) is -9.71. The number of rotatable bonds is 40. The maximum Gasteiger partial charge on any atom is 0.308 e. The van der Waals surface area contributed by atoms with Crippen LogP contribution in [0, 0.1) is 29.6 Å². The Morgan fingerprint density at radius 1 is 0.472 bits per heavy atom. The molecule has 3 aromatic carbocycles. The van der Waals surface area contributed by atoms with Crippen LogP contribution in [0.3, 0.4) is 0 Å². The Morgan fingerprint density at radius 2 is 0.911 bits per heavy atom. The lowest BCUT2D eigenvalue weighted by atomic mass is 9.91. The first-order chi connectivity index (χ1) is 57.2. The van der Waals surface area contributed by atoms with E-state index in [-0.39, 0.29) is 113 Å². The van der Waals surface area contributed by atoms with Gasteiger partial charge in [-0.25, -0.2) is 0 Å². The van der Waals surface area contributed by atoms with E-state index in [1.807, 2.05) is 101 Å². The Morgan fingerprint density at radius 3 is 1.41 bits per heavy atom. The fraction of sp³-hybridized carbons (Fsp3) is 0.794. The zero-order chi connectivity index (χ0) is 91.0. The highest BCUT2D eigenvalue weighted by atomic mass is 28.4. The van der Waals surface area contributed by atoms with Gasteiger partial charge in [-0.3, -0.25) is 9.59 Å². The highest BCUT2D eigenvalue weighted by Gasteiger charge is 2.60. The van der Waals surface area contributed by atoms with Gasteiger partial charge in [-0.1, -0.05) is 235 Å². The van der Waals surface area contributed by atoms with Crippen LogP contribution >= 0.6 is 0 Å². The van der Waals surface area contributed by atoms with Crippen molar-refractivity contribution in [3.05, 3.63) is 108 Å². The molecule has 0 amide bonds. The average molecular weight is 1790 g/mol. The number of carbonyl (C=O) groups is 2. The third kappa shape index (κ3) is 27.5. The van der Waals surface area contributed by atoms with E-state index in [9.17, 15) is 0 Å². The van der Waals surface area contributed by atoms with E-state index in [0.29, 0.717) is 45.9 Å². The van der Waals surface area contributed by atoms with Gasteiger partial charge in [0.1, 0.15) is 60.5 Å². The molecule has 0 bridgehead atoms. The predicted molar refractivity (Wildman–Crippen MR) is 490 cm³/mol. The zero-order valence-corrected chi connectivity index (χ0v) is 85.5. The van der Waals surface area contributed by atoms with E-state index >= 15 is 9.59 Å². The molecule has 700 valence electrons. The van der Waals surface area contributed by atoms with Gasteiger partial charge in [-0.05, 0) is 142 Å². The first-order valence-electron chi connectivity index (χ1n) is 46.3. The van der Waals surface area contributed by atoms with Gasteiger partial charge < -0.3 is 93.5 Å². The minimum Gasteiger partial charge on any atom is -0.462 e. The van der Waals surface area contributed by atoms with Crippen LogP contribution in [0.15, 0.2) is 91.0 Å². The molecule has 6 fully saturated rings. The lowest BCUT2D eigenvalue weighted by Gasteiger charge is -2.48. The van der Waals surface area contributed by atoms with Crippen molar-refractivity contribution in [1.82, 2.24) is 0 Å². The third-order valence-electron chi connectivity index (χ3n) is 28.9. The summed E-state index contributed by atoms with van der Waals surface area (Å²) in [6, 6.07) is 30.3. The second kappa shape index (κ2) is 43.0. The lowest BCUT2D eigenvalue weighted by molar-refractivity contribution is -0.351. The van der Waals surface area contributed by atoms with Gasteiger partial charge in [0.2, 0.25) is 0 Å². The molecule has 26 heteroatoms. The Hall–Kier alpha value is -3.25. The molecule has 123 heavy (non-hydrogen) atoms. The Bertz CT molecular complexity index is 3700.